The standard InChI is InChI=1S/C18H16N2O3/c1-12(18(22)23)16-14-9-5-6-10-15(14)17(21)20(19-16)11-13-7-3-2-4-8-13/h2-10,12H,11H2,1H3,(H,22,23)/t12-/m1/s1. The molecule has 0 saturated heterocycles. The van der Waals surface area contributed by atoms with E-state index in [2.05, 4.69) is 5.10 Å². The number of aliphatic carboxylic acids is 1. The van der Waals surface area contributed by atoms with E-state index >= 15 is 0 Å². The summed E-state index contributed by atoms with van der Waals surface area (Å²) in [5, 5.41) is 14.7. The van der Waals surface area contributed by atoms with Crippen LogP contribution < -0.4 is 5.56 Å². The van der Waals surface area contributed by atoms with Crippen molar-refractivity contribution in [3.63, 3.8) is 0 Å². The molecule has 0 aliphatic heterocycles. The number of carboxylic acid groups (broad SMARTS) is 1. The molecule has 1 aromatic heterocycles. The van der Waals surface area contributed by atoms with Gasteiger partial charge in [-0.2, -0.15) is 5.10 Å². The fourth-order valence-corrected chi connectivity index (χ4v) is 2.56. The van der Waals surface area contributed by atoms with Crippen LogP contribution in [0.3, 0.4) is 0 Å². The minimum absolute atomic E-state index is 0.217. The van der Waals surface area contributed by atoms with E-state index < -0.39 is 11.9 Å². The first-order valence-corrected chi connectivity index (χ1v) is 7.34. The van der Waals surface area contributed by atoms with Crippen LogP contribution in [0, 0.1) is 0 Å². The second-order valence-corrected chi connectivity index (χ2v) is 5.44. The Balaban J connectivity index is 2.21. The van der Waals surface area contributed by atoms with E-state index in [-0.39, 0.29) is 5.56 Å². The van der Waals surface area contributed by atoms with Crippen LogP contribution in [0.1, 0.15) is 24.1 Å². The lowest BCUT2D eigenvalue weighted by Crippen LogP contribution is -2.27. The molecular weight excluding hydrogens is 292 g/mol. The Labute approximate surface area is 132 Å². The molecule has 0 bridgehead atoms. The van der Waals surface area contributed by atoms with E-state index in [1.165, 1.54) is 4.68 Å². The Bertz CT molecular complexity index is 916. The van der Waals surface area contributed by atoms with Crippen LogP contribution in [0.4, 0.5) is 0 Å². The normalized spacial score (nSPS) is 12.2. The zero-order valence-corrected chi connectivity index (χ0v) is 12.6. The lowest BCUT2D eigenvalue weighted by Gasteiger charge is -2.13. The van der Waals surface area contributed by atoms with Crippen LogP contribution in [-0.2, 0) is 11.3 Å². The Kier molecular flexibility index (Phi) is 3.93. The van der Waals surface area contributed by atoms with E-state index in [0.717, 1.165) is 5.56 Å². The number of hydrogen-bond donors (Lipinski definition) is 1. The molecular formula is C18H16N2O3. The molecule has 0 fully saturated rings. The summed E-state index contributed by atoms with van der Waals surface area (Å²) in [6.45, 7) is 1.89. The first-order valence-electron chi connectivity index (χ1n) is 7.34. The van der Waals surface area contributed by atoms with Gasteiger partial charge in [-0.3, -0.25) is 9.59 Å². The maximum absolute atomic E-state index is 12.6. The van der Waals surface area contributed by atoms with Gasteiger partial charge < -0.3 is 5.11 Å². The highest BCUT2D eigenvalue weighted by atomic mass is 16.4. The van der Waals surface area contributed by atoms with Crippen molar-refractivity contribution in [2.75, 3.05) is 0 Å². The summed E-state index contributed by atoms with van der Waals surface area (Å²) in [4.78, 5) is 24.0. The van der Waals surface area contributed by atoms with Gasteiger partial charge in [-0.1, -0.05) is 48.5 Å². The summed E-state index contributed by atoms with van der Waals surface area (Å²) >= 11 is 0. The summed E-state index contributed by atoms with van der Waals surface area (Å²) in [7, 11) is 0. The van der Waals surface area contributed by atoms with Gasteiger partial charge in [0.2, 0.25) is 0 Å². The molecule has 1 N–H and O–H groups in total. The van der Waals surface area contributed by atoms with E-state index in [9.17, 15) is 14.7 Å². The van der Waals surface area contributed by atoms with Crippen molar-refractivity contribution in [3.8, 4) is 0 Å². The highest BCUT2D eigenvalue weighted by Crippen LogP contribution is 2.21. The number of fused-ring (bicyclic) bond motifs is 1. The second kappa shape index (κ2) is 6.04. The quantitative estimate of drug-likeness (QED) is 0.804. The van der Waals surface area contributed by atoms with Gasteiger partial charge in [0.25, 0.3) is 5.56 Å². The molecule has 0 radical (unpaired) electrons. The maximum atomic E-state index is 12.6. The molecule has 5 nitrogen and oxygen atoms in total. The molecule has 23 heavy (non-hydrogen) atoms. The molecule has 2 aromatic carbocycles. The first kappa shape index (κ1) is 15.0. The van der Waals surface area contributed by atoms with E-state index in [4.69, 9.17) is 0 Å². The predicted octanol–water partition coefficient (Wildman–Crippen LogP) is 2.63. The van der Waals surface area contributed by atoms with Crippen LogP contribution in [-0.4, -0.2) is 20.9 Å². The van der Waals surface area contributed by atoms with Crippen LogP contribution in [0.25, 0.3) is 10.8 Å². The molecule has 1 heterocycles. The number of carbonyl (C=O) groups is 1. The summed E-state index contributed by atoms with van der Waals surface area (Å²) < 4.78 is 1.34. The highest BCUT2D eigenvalue weighted by molar-refractivity contribution is 5.88. The SMILES string of the molecule is C[C@@H](C(=O)O)c1nn(Cc2ccccc2)c(=O)c2ccccc12. The van der Waals surface area contributed by atoms with Gasteiger partial charge in [-0.25, -0.2) is 4.68 Å². The molecule has 0 spiro atoms. The number of carboxylic acids is 1. The predicted molar refractivity (Wildman–Crippen MR) is 87.6 cm³/mol. The van der Waals surface area contributed by atoms with Crippen molar-refractivity contribution < 1.29 is 9.90 Å². The van der Waals surface area contributed by atoms with Crippen LogP contribution in [0.15, 0.2) is 59.4 Å². The molecule has 3 rings (SSSR count). The van der Waals surface area contributed by atoms with E-state index in [1.807, 2.05) is 30.3 Å². The molecule has 5 heteroatoms. The van der Waals surface area contributed by atoms with Crippen molar-refractivity contribution in [1.29, 1.82) is 0 Å². The van der Waals surface area contributed by atoms with Gasteiger partial charge in [0, 0.05) is 5.39 Å². The van der Waals surface area contributed by atoms with Crippen molar-refractivity contribution in [1.82, 2.24) is 9.78 Å². The third-order valence-electron chi connectivity index (χ3n) is 3.85. The van der Waals surface area contributed by atoms with Crippen molar-refractivity contribution in [2.45, 2.75) is 19.4 Å². The summed E-state index contributed by atoms with van der Waals surface area (Å²) in [6.07, 6.45) is 0. The summed E-state index contributed by atoms with van der Waals surface area (Å²) in [5.41, 5.74) is 1.13. The summed E-state index contributed by atoms with van der Waals surface area (Å²) in [5.74, 6) is -1.75. The van der Waals surface area contributed by atoms with Crippen LogP contribution in [0.2, 0.25) is 0 Å². The second-order valence-electron chi connectivity index (χ2n) is 5.44. The summed E-state index contributed by atoms with van der Waals surface area (Å²) in [6, 6.07) is 16.5. The Hall–Kier alpha value is -2.95. The van der Waals surface area contributed by atoms with Gasteiger partial charge in [0.15, 0.2) is 0 Å². The monoisotopic (exact) mass is 308 g/mol. The molecule has 0 unspecified atom stereocenters. The zero-order valence-electron chi connectivity index (χ0n) is 12.6. The van der Waals surface area contributed by atoms with Gasteiger partial charge in [0.05, 0.1) is 23.5 Å². The minimum Gasteiger partial charge on any atom is -0.481 e. The molecule has 116 valence electrons. The number of aromatic nitrogens is 2. The maximum Gasteiger partial charge on any atom is 0.312 e. The fourth-order valence-electron chi connectivity index (χ4n) is 2.56. The number of hydrogen-bond acceptors (Lipinski definition) is 3. The van der Waals surface area contributed by atoms with E-state index in [1.54, 1.807) is 31.2 Å². The van der Waals surface area contributed by atoms with Crippen molar-refractivity contribution >= 4 is 16.7 Å². The molecule has 3 aromatic rings. The Morgan fingerprint density at radius 2 is 1.70 bits per heavy atom. The van der Waals surface area contributed by atoms with Crippen molar-refractivity contribution in [3.05, 3.63) is 76.2 Å². The fraction of sp³-hybridized carbons (Fsp3) is 0.167. The molecule has 1 atom stereocenters. The lowest BCUT2D eigenvalue weighted by atomic mass is 10.0. The van der Waals surface area contributed by atoms with Gasteiger partial charge in [-0.15, -0.1) is 0 Å². The number of rotatable bonds is 4. The van der Waals surface area contributed by atoms with Crippen LogP contribution >= 0.6 is 0 Å². The van der Waals surface area contributed by atoms with Gasteiger partial charge in [-0.05, 0) is 18.6 Å². The minimum atomic E-state index is -0.965. The van der Waals surface area contributed by atoms with Gasteiger partial charge in [0.1, 0.15) is 0 Å². The average molecular weight is 308 g/mol. The Morgan fingerprint density at radius 3 is 2.35 bits per heavy atom. The third-order valence-corrected chi connectivity index (χ3v) is 3.85. The van der Waals surface area contributed by atoms with Crippen molar-refractivity contribution in [2.24, 2.45) is 0 Å². The molecule has 0 amide bonds. The Morgan fingerprint density at radius 1 is 1.09 bits per heavy atom. The lowest BCUT2D eigenvalue weighted by molar-refractivity contribution is -0.138. The number of benzene rings is 2. The number of nitrogens with zero attached hydrogens (tertiary/aromatic N) is 2. The third kappa shape index (κ3) is 2.85. The first-order chi connectivity index (χ1) is 11.1. The largest absolute Gasteiger partial charge is 0.481 e. The van der Waals surface area contributed by atoms with Gasteiger partial charge >= 0.3 is 5.97 Å². The molecule has 0 aliphatic carbocycles. The topological polar surface area (TPSA) is 72.2 Å². The van der Waals surface area contributed by atoms with Crippen LogP contribution in [0.5, 0.6) is 0 Å². The zero-order chi connectivity index (χ0) is 16.4. The smallest absolute Gasteiger partial charge is 0.312 e. The highest BCUT2D eigenvalue weighted by Gasteiger charge is 2.21. The van der Waals surface area contributed by atoms with E-state index in [0.29, 0.717) is 23.0 Å². The molecule has 0 aliphatic rings. The molecule has 0 saturated carbocycles. The average Bonchev–Trinajstić information content (AvgIpc) is 2.57.